The molecule has 1 fully saturated rings. The van der Waals surface area contributed by atoms with Gasteiger partial charge in [-0.05, 0) is 12.1 Å². The Hall–Kier alpha value is -3.49. The van der Waals surface area contributed by atoms with Crippen LogP contribution in [0.3, 0.4) is 0 Å². The number of hydrogen-bond acceptors (Lipinski definition) is 11. The molecule has 0 aliphatic carbocycles. The van der Waals surface area contributed by atoms with Crippen molar-refractivity contribution < 1.29 is 24.3 Å². The molecular weight excluding hydrogens is 512 g/mol. The molecule has 5 rings (SSSR count). The number of β-lactam (4-membered cyclic amide) rings is 1. The number of aliphatic carboxylic acids is 1. The van der Waals surface area contributed by atoms with Crippen LogP contribution in [0.25, 0.3) is 10.2 Å². The van der Waals surface area contributed by atoms with Gasteiger partial charge in [-0.3, -0.25) is 14.5 Å². The summed E-state index contributed by atoms with van der Waals surface area (Å²) in [6.07, 6.45) is 2.10. The number of fused-ring (bicyclic) bond motifs is 2. The van der Waals surface area contributed by atoms with Gasteiger partial charge in [-0.15, -0.1) is 34.4 Å². The number of aromatic nitrogens is 2. The topological polar surface area (TPSA) is 160 Å². The van der Waals surface area contributed by atoms with E-state index in [0.717, 1.165) is 26.4 Å². The number of rotatable bonds is 7. The van der Waals surface area contributed by atoms with Gasteiger partial charge in [0, 0.05) is 38.9 Å². The molecule has 180 valence electrons. The number of carbonyl (C=O) groups excluding carboxylic acids is 2. The predicted octanol–water partition coefficient (Wildman–Crippen LogP) is 1.67. The number of thioether (sulfide) groups is 1. The van der Waals surface area contributed by atoms with Gasteiger partial charge in [0.05, 0.1) is 6.04 Å². The highest BCUT2D eigenvalue weighted by Gasteiger charge is 2.54. The zero-order valence-electron chi connectivity index (χ0n) is 18.1. The molecule has 3 aromatic heterocycles. The van der Waals surface area contributed by atoms with Crippen LogP contribution in [0.2, 0.25) is 0 Å². The van der Waals surface area contributed by atoms with Crippen LogP contribution in [0.1, 0.15) is 10.6 Å². The standard InChI is InChI=1S/C21H18N6O5S3/c1-32-26-14(11-7-34-21(22)24-11)17(28)25-15-12-8-33-13(16(20(30)31)27(12)19(15)29)6-10-5-9-3-2-4-23-18(9)35-10/h2-5,7,12,15H,6,8H2,1H3,(H2,22,24)(H,25,28)(H,30,31). The number of amides is 2. The lowest BCUT2D eigenvalue weighted by Gasteiger charge is -2.49. The van der Waals surface area contributed by atoms with Crippen molar-refractivity contribution in [1.82, 2.24) is 20.2 Å². The summed E-state index contributed by atoms with van der Waals surface area (Å²) in [5.74, 6) is -1.91. The van der Waals surface area contributed by atoms with E-state index in [-0.39, 0.29) is 22.2 Å². The minimum atomic E-state index is -1.19. The summed E-state index contributed by atoms with van der Waals surface area (Å²) in [6.45, 7) is 0. The third-order valence-electron chi connectivity index (χ3n) is 5.48. The number of nitrogen functional groups attached to an aromatic ring is 1. The van der Waals surface area contributed by atoms with E-state index in [1.807, 2.05) is 18.2 Å². The number of nitrogens with one attached hydrogen (secondary N) is 1. The van der Waals surface area contributed by atoms with Crippen LogP contribution in [0, 0.1) is 0 Å². The second kappa shape index (κ2) is 9.28. The zero-order valence-corrected chi connectivity index (χ0v) is 20.6. The lowest BCUT2D eigenvalue weighted by Crippen LogP contribution is -2.73. The monoisotopic (exact) mass is 530 g/mol. The number of carboxylic acid groups (broad SMARTS) is 1. The Morgan fingerprint density at radius 1 is 1.43 bits per heavy atom. The van der Waals surface area contributed by atoms with E-state index in [4.69, 9.17) is 10.6 Å². The molecule has 1 saturated heterocycles. The van der Waals surface area contributed by atoms with Crippen LogP contribution in [-0.2, 0) is 25.6 Å². The first-order chi connectivity index (χ1) is 16.9. The summed E-state index contributed by atoms with van der Waals surface area (Å²) in [7, 11) is 1.29. The quantitative estimate of drug-likeness (QED) is 0.234. The summed E-state index contributed by atoms with van der Waals surface area (Å²) >= 11 is 4.00. The smallest absolute Gasteiger partial charge is 0.353 e. The van der Waals surface area contributed by atoms with Crippen molar-refractivity contribution in [2.75, 3.05) is 18.6 Å². The molecule has 2 aliphatic heterocycles. The second-order valence-corrected chi connectivity index (χ2v) is 10.7. The van der Waals surface area contributed by atoms with E-state index < -0.39 is 29.9 Å². The van der Waals surface area contributed by atoms with Crippen molar-refractivity contribution >= 4 is 73.3 Å². The van der Waals surface area contributed by atoms with E-state index in [9.17, 15) is 19.5 Å². The SMILES string of the molecule is CON=C(C(=O)NC1C(=O)N2C(C(=O)O)=C(Cc3cc4cccnc4s3)SCC12)c1csc(N)n1. The fraction of sp³-hybridized carbons (Fsp3) is 0.238. The van der Waals surface area contributed by atoms with Gasteiger partial charge in [0.25, 0.3) is 11.8 Å². The number of allylic oxidation sites excluding steroid dienone is 1. The second-order valence-electron chi connectivity index (χ2n) is 7.60. The van der Waals surface area contributed by atoms with E-state index in [0.29, 0.717) is 17.1 Å². The minimum Gasteiger partial charge on any atom is -0.477 e. The van der Waals surface area contributed by atoms with Crippen LogP contribution in [0.5, 0.6) is 0 Å². The zero-order chi connectivity index (χ0) is 24.7. The summed E-state index contributed by atoms with van der Waals surface area (Å²) < 4.78 is 0. The lowest BCUT2D eigenvalue weighted by molar-refractivity contribution is -0.153. The fourth-order valence-electron chi connectivity index (χ4n) is 3.97. The molecule has 0 spiro atoms. The van der Waals surface area contributed by atoms with Crippen molar-refractivity contribution in [1.29, 1.82) is 0 Å². The average Bonchev–Trinajstić information content (AvgIpc) is 3.45. The average molecular weight is 531 g/mol. The molecule has 2 atom stereocenters. The van der Waals surface area contributed by atoms with Crippen LogP contribution in [-0.4, -0.2) is 68.4 Å². The molecule has 2 unspecified atom stereocenters. The Balaban J connectivity index is 1.36. The number of nitrogens with two attached hydrogens (primary N) is 1. The highest BCUT2D eigenvalue weighted by Crippen LogP contribution is 2.41. The van der Waals surface area contributed by atoms with Gasteiger partial charge in [0.15, 0.2) is 10.8 Å². The van der Waals surface area contributed by atoms with E-state index in [1.54, 1.807) is 11.6 Å². The van der Waals surface area contributed by atoms with Crippen molar-refractivity contribution in [3.63, 3.8) is 0 Å². The number of anilines is 1. The molecule has 0 aromatic carbocycles. The van der Waals surface area contributed by atoms with Crippen molar-refractivity contribution in [2.24, 2.45) is 5.16 Å². The van der Waals surface area contributed by atoms with Crippen molar-refractivity contribution in [3.05, 3.63) is 50.9 Å². The first-order valence-electron chi connectivity index (χ1n) is 10.3. The van der Waals surface area contributed by atoms with Crippen LogP contribution in [0.15, 0.2) is 45.5 Å². The van der Waals surface area contributed by atoms with Crippen LogP contribution in [0.4, 0.5) is 5.13 Å². The van der Waals surface area contributed by atoms with Gasteiger partial charge >= 0.3 is 5.97 Å². The number of hydrogen-bond donors (Lipinski definition) is 3. The number of pyridine rings is 1. The molecule has 35 heavy (non-hydrogen) atoms. The van der Waals surface area contributed by atoms with Gasteiger partial charge in [0.2, 0.25) is 0 Å². The molecule has 2 aliphatic rings. The Bertz CT molecular complexity index is 1380. The minimum absolute atomic E-state index is 0.0507. The number of carboxylic acids is 1. The molecule has 0 bridgehead atoms. The van der Waals surface area contributed by atoms with Crippen LogP contribution >= 0.6 is 34.4 Å². The third-order valence-corrected chi connectivity index (χ3v) is 8.41. The molecule has 0 radical (unpaired) electrons. The third kappa shape index (κ3) is 4.24. The summed E-state index contributed by atoms with van der Waals surface area (Å²) in [5, 5.41) is 19.1. The number of nitrogens with zero attached hydrogens (tertiary/aromatic N) is 4. The Morgan fingerprint density at radius 2 is 2.26 bits per heavy atom. The maximum Gasteiger partial charge on any atom is 0.353 e. The Labute approximate surface area is 210 Å². The maximum absolute atomic E-state index is 13.0. The summed E-state index contributed by atoms with van der Waals surface area (Å²) in [6, 6.07) is 4.39. The first-order valence-corrected chi connectivity index (χ1v) is 12.9. The van der Waals surface area contributed by atoms with Crippen molar-refractivity contribution in [3.8, 4) is 0 Å². The largest absolute Gasteiger partial charge is 0.477 e. The Kier molecular flexibility index (Phi) is 6.17. The van der Waals surface area contributed by atoms with Gasteiger partial charge < -0.3 is 21.0 Å². The lowest BCUT2D eigenvalue weighted by atomic mass is 9.94. The number of carbonyl (C=O) groups is 3. The highest BCUT2D eigenvalue weighted by atomic mass is 32.2. The van der Waals surface area contributed by atoms with Gasteiger partial charge in [-0.25, -0.2) is 14.8 Å². The molecule has 14 heteroatoms. The Morgan fingerprint density at radius 3 is 2.94 bits per heavy atom. The molecule has 4 N–H and O–H groups in total. The molecule has 5 heterocycles. The van der Waals surface area contributed by atoms with Gasteiger partial charge in [-0.2, -0.15) is 0 Å². The molecule has 11 nitrogen and oxygen atoms in total. The van der Waals surface area contributed by atoms with E-state index in [2.05, 4.69) is 20.4 Å². The first kappa shape index (κ1) is 23.3. The van der Waals surface area contributed by atoms with Gasteiger partial charge in [-0.1, -0.05) is 11.2 Å². The highest BCUT2D eigenvalue weighted by molar-refractivity contribution is 8.03. The molecule has 0 saturated carbocycles. The molecule has 3 aromatic rings. The predicted molar refractivity (Wildman–Crippen MR) is 133 cm³/mol. The number of oxime groups is 1. The van der Waals surface area contributed by atoms with E-state index >= 15 is 0 Å². The molecule has 2 amide bonds. The van der Waals surface area contributed by atoms with Gasteiger partial charge in [0.1, 0.15) is 29.4 Å². The maximum atomic E-state index is 13.0. The molecular formula is C21H18N6O5S3. The number of thiophene rings is 1. The van der Waals surface area contributed by atoms with Crippen molar-refractivity contribution in [2.45, 2.75) is 18.5 Å². The van der Waals surface area contributed by atoms with E-state index in [1.165, 1.54) is 35.1 Å². The fourth-order valence-corrected chi connectivity index (χ4v) is 6.91. The summed E-state index contributed by atoms with van der Waals surface area (Å²) in [4.78, 5) is 54.8. The number of thiazole rings is 1. The summed E-state index contributed by atoms with van der Waals surface area (Å²) in [5.41, 5.74) is 5.70. The van der Waals surface area contributed by atoms with Crippen LogP contribution < -0.4 is 11.1 Å². The normalized spacial score (nSPS) is 20.0.